The van der Waals surface area contributed by atoms with E-state index in [9.17, 15) is 4.79 Å². The lowest BCUT2D eigenvalue weighted by molar-refractivity contribution is 0.0584. The molecule has 1 aliphatic heterocycles. The highest BCUT2D eigenvalue weighted by atomic mass is 16.6. The third-order valence-electron chi connectivity index (χ3n) is 3.76. The molecule has 3 rings (SSSR count). The number of amides is 1. The fraction of sp³-hybridized carbons (Fsp3) is 0.444. The van der Waals surface area contributed by atoms with E-state index in [1.165, 1.54) is 0 Å². The molecule has 0 aliphatic carbocycles. The van der Waals surface area contributed by atoms with Gasteiger partial charge < -0.3 is 14.0 Å². The minimum atomic E-state index is -0.501. The highest BCUT2D eigenvalue weighted by Gasteiger charge is 2.30. The first-order valence-corrected chi connectivity index (χ1v) is 8.15. The summed E-state index contributed by atoms with van der Waals surface area (Å²) in [5, 5.41) is 0. The van der Waals surface area contributed by atoms with Gasteiger partial charge in [-0.25, -0.2) is 9.78 Å². The number of fused-ring (bicyclic) bond motifs is 1. The molecule has 2 heterocycles. The maximum absolute atomic E-state index is 12.4. The molecule has 0 radical (unpaired) electrons. The number of aromatic nitrogens is 2. The standard InChI is InChI=1S/C18H23N3O3/c1-18(2,3)24-17(22)21-9-7-14-15(21)5-4-6-16(14)23-12-11-20-10-8-19-13-20/h4-6,8,10,13H,7,9,11-12H2,1-3H3. The molecule has 0 atom stereocenters. The van der Waals surface area contributed by atoms with Crippen molar-refractivity contribution in [2.24, 2.45) is 0 Å². The summed E-state index contributed by atoms with van der Waals surface area (Å²) >= 11 is 0. The van der Waals surface area contributed by atoms with Gasteiger partial charge >= 0.3 is 6.09 Å². The van der Waals surface area contributed by atoms with Crippen LogP contribution in [0, 0.1) is 0 Å². The Kier molecular flexibility index (Phi) is 4.46. The van der Waals surface area contributed by atoms with Crippen LogP contribution in [0.2, 0.25) is 0 Å². The van der Waals surface area contributed by atoms with E-state index >= 15 is 0 Å². The third-order valence-corrected chi connectivity index (χ3v) is 3.76. The van der Waals surface area contributed by atoms with Crippen LogP contribution < -0.4 is 9.64 Å². The second-order valence-corrected chi connectivity index (χ2v) is 6.78. The van der Waals surface area contributed by atoms with Crippen LogP contribution >= 0.6 is 0 Å². The van der Waals surface area contributed by atoms with Gasteiger partial charge in [-0.1, -0.05) is 6.07 Å². The Bertz CT molecular complexity index is 705. The maximum Gasteiger partial charge on any atom is 0.414 e. The normalized spacial score (nSPS) is 13.7. The average Bonchev–Trinajstić information content (AvgIpc) is 3.14. The molecular formula is C18H23N3O3. The number of benzene rings is 1. The molecule has 24 heavy (non-hydrogen) atoms. The lowest BCUT2D eigenvalue weighted by Crippen LogP contribution is -2.35. The largest absolute Gasteiger partial charge is 0.491 e. The summed E-state index contributed by atoms with van der Waals surface area (Å²) in [6.45, 7) is 7.53. The second-order valence-electron chi connectivity index (χ2n) is 6.78. The number of imidazole rings is 1. The fourth-order valence-corrected chi connectivity index (χ4v) is 2.72. The smallest absolute Gasteiger partial charge is 0.414 e. The lowest BCUT2D eigenvalue weighted by atomic mass is 10.1. The molecule has 1 aromatic heterocycles. The Balaban J connectivity index is 1.68. The summed E-state index contributed by atoms with van der Waals surface area (Å²) in [7, 11) is 0. The number of carbonyl (C=O) groups is 1. The quantitative estimate of drug-likeness (QED) is 0.864. The Morgan fingerprint density at radius 1 is 1.33 bits per heavy atom. The minimum Gasteiger partial charge on any atom is -0.491 e. The van der Waals surface area contributed by atoms with Crippen LogP contribution in [0.15, 0.2) is 36.9 Å². The van der Waals surface area contributed by atoms with Crippen molar-refractivity contribution in [2.45, 2.75) is 39.3 Å². The van der Waals surface area contributed by atoms with Crippen molar-refractivity contribution < 1.29 is 14.3 Å². The Morgan fingerprint density at radius 3 is 2.88 bits per heavy atom. The predicted octanol–water partition coefficient (Wildman–Crippen LogP) is 3.26. The first-order valence-electron chi connectivity index (χ1n) is 8.15. The van der Waals surface area contributed by atoms with Crippen LogP contribution in [0.5, 0.6) is 5.75 Å². The van der Waals surface area contributed by atoms with E-state index < -0.39 is 5.60 Å². The molecule has 6 heteroatoms. The fourth-order valence-electron chi connectivity index (χ4n) is 2.72. The molecule has 6 nitrogen and oxygen atoms in total. The number of hydrogen-bond acceptors (Lipinski definition) is 4. The van der Waals surface area contributed by atoms with Crippen molar-refractivity contribution >= 4 is 11.8 Å². The minimum absolute atomic E-state index is 0.309. The van der Waals surface area contributed by atoms with E-state index in [0.29, 0.717) is 13.2 Å². The molecule has 2 aromatic rings. The number of anilines is 1. The second kappa shape index (κ2) is 6.55. The predicted molar refractivity (Wildman–Crippen MR) is 91.4 cm³/mol. The summed E-state index contributed by atoms with van der Waals surface area (Å²) < 4.78 is 13.4. The van der Waals surface area contributed by atoms with E-state index in [2.05, 4.69) is 4.98 Å². The molecule has 0 bridgehead atoms. The van der Waals surface area contributed by atoms with Gasteiger partial charge in [-0.2, -0.15) is 0 Å². The highest BCUT2D eigenvalue weighted by molar-refractivity contribution is 5.91. The van der Waals surface area contributed by atoms with Gasteiger partial charge in [0, 0.05) is 24.5 Å². The van der Waals surface area contributed by atoms with Crippen LogP contribution in [0.4, 0.5) is 10.5 Å². The lowest BCUT2D eigenvalue weighted by Gasteiger charge is -2.24. The van der Waals surface area contributed by atoms with Gasteiger partial charge in [0.15, 0.2) is 0 Å². The molecule has 128 valence electrons. The van der Waals surface area contributed by atoms with E-state index in [-0.39, 0.29) is 6.09 Å². The molecule has 0 unspecified atom stereocenters. The molecular weight excluding hydrogens is 306 g/mol. The Morgan fingerprint density at radius 2 is 2.17 bits per heavy atom. The first-order chi connectivity index (χ1) is 11.4. The molecule has 1 amide bonds. The summed E-state index contributed by atoms with van der Waals surface area (Å²) in [6, 6.07) is 5.80. The van der Waals surface area contributed by atoms with Crippen molar-refractivity contribution in [1.82, 2.24) is 9.55 Å². The van der Waals surface area contributed by atoms with Gasteiger partial charge in [-0.15, -0.1) is 0 Å². The number of rotatable bonds is 4. The monoisotopic (exact) mass is 329 g/mol. The third kappa shape index (κ3) is 3.69. The number of ether oxygens (including phenoxy) is 2. The van der Waals surface area contributed by atoms with Gasteiger partial charge in [0.25, 0.3) is 0 Å². The Hall–Kier alpha value is -2.50. The maximum atomic E-state index is 12.4. The van der Waals surface area contributed by atoms with Crippen LogP contribution in [0.3, 0.4) is 0 Å². The average molecular weight is 329 g/mol. The van der Waals surface area contributed by atoms with E-state index in [1.54, 1.807) is 17.4 Å². The van der Waals surface area contributed by atoms with Crippen molar-refractivity contribution in [3.63, 3.8) is 0 Å². The van der Waals surface area contributed by atoms with Crippen molar-refractivity contribution in [3.8, 4) is 5.75 Å². The van der Waals surface area contributed by atoms with E-state index in [0.717, 1.165) is 30.0 Å². The van der Waals surface area contributed by atoms with Gasteiger partial charge in [-0.3, -0.25) is 4.90 Å². The van der Waals surface area contributed by atoms with Crippen LogP contribution in [0.25, 0.3) is 0 Å². The summed E-state index contributed by atoms with van der Waals surface area (Å²) in [6.07, 6.45) is 5.89. The van der Waals surface area contributed by atoms with Gasteiger partial charge in [0.05, 0.1) is 18.6 Å². The molecule has 0 saturated heterocycles. The van der Waals surface area contributed by atoms with Crippen molar-refractivity contribution in [3.05, 3.63) is 42.5 Å². The zero-order chi connectivity index (χ0) is 17.2. The molecule has 1 aliphatic rings. The summed E-state index contributed by atoms with van der Waals surface area (Å²) in [5.74, 6) is 0.832. The molecule has 1 aromatic carbocycles. The molecule has 0 fully saturated rings. The van der Waals surface area contributed by atoms with Crippen molar-refractivity contribution in [2.75, 3.05) is 18.1 Å². The van der Waals surface area contributed by atoms with Gasteiger partial charge in [-0.05, 0) is 39.3 Å². The summed E-state index contributed by atoms with van der Waals surface area (Å²) in [5.41, 5.74) is 1.44. The zero-order valence-electron chi connectivity index (χ0n) is 14.4. The van der Waals surface area contributed by atoms with E-state index in [4.69, 9.17) is 9.47 Å². The van der Waals surface area contributed by atoms with Crippen LogP contribution in [0.1, 0.15) is 26.3 Å². The SMILES string of the molecule is CC(C)(C)OC(=O)N1CCc2c(OCCn3ccnc3)cccc21. The molecule has 0 saturated carbocycles. The van der Waals surface area contributed by atoms with E-state index in [1.807, 2.05) is 49.7 Å². The number of hydrogen-bond donors (Lipinski definition) is 0. The van der Waals surface area contributed by atoms with Gasteiger partial charge in [0.2, 0.25) is 0 Å². The molecule has 0 N–H and O–H groups in total. The zero-order valence-corrected chi connectivity index (χ0v) is 14.4. The Labute approximate surface area is 142 Å². The first kappa shape index (κ1) is 16.4. The summed E-state index contributed by atoms with van der Waals surface area (Å²) in [4.78, 5) is 18.1. The highest BCUT2D eigenvalue weighted by Crippen LogP contribution is 2.35. The number of nitrogens with zero attached hydrogens (tertiary/aromatic N) is 3. The van der Waals surface area contributed by atoms with Crippen LogP contribution in [-0.2, 0) is 17.7 Å². The van der Waals surface area contributed by atoms with Crippen molar-refractivity contribution in [1.29, 1.82) is 0 Å². The molecule has 0 spiro atoms. The topological polar surface area (TPSA) is 56.6 Å². The van der Waals surface area contributed by atoms with Gasteiger partial charge in [0.1, 0.15) is 18.0 Å². The number of carbonyl (C=O) groups excluding carboxylic acids is 1. The van der Waals surface area contributed by atoms with Crippen LogP contribution in [-0.4, -0.2) is 34.4 Å².